The molecule has 2 N–H and O–H groups in total. The van der Waals surface area contributed by atoms with Crippen molar-refractivity contribution in [3.05, 3.63) is 64.8 Å². The lowest BCUT2D eigenvalue weighted by atomic mass is 10.0. The van der Waals surface area contributed by atoms with Crippen molar-refractivity contribution in [2.45, 2.75) is 0 Å². The highest BCUT2D eigenvalue weighted by atomic mass is 16.3. The molecule has 0 radical (unpaired) electrons. The van der Waals surface area contributed by atoms with Crippen LogP contribution in [0.15, 0.2) is 63.8 Å². The second-order valence-electron chi connectivity index (χ2n) is 4.81. The van der Waals surface area contributed by atoms with Crippen LogP contribution in [0.3, 0.4) is 0 Å². The van der Waals surface area contributed by atoms with Gasteiger partial charge in [-0.25, -0.2) is 0 Å². The standard InChI is InChI=1S/C17H11NO2/c18-12-6-3-4-10-8-9-14-16(15(10)12)17(19)11-5-1-2-7-13(11)20-14/h1-9H,18H2. The molecular formula is C17H11NO2. The van der Waals surface area contributed by atoms with E-state index in [0.717, 1.165) is 10.8 Å². The minimum Gasteiger partial charge on any atom is -0.456 e. The smallest absolute Gasteiger partial charge is 0.201 e. The molecule has 3 heteroatoms. The van der Waals surface area contributed by atoms with Gasteiger partial charge in [0.2, 0.25) is 5.43 Å². The first-order chi connectivity index (χ1) is 9.75. The van der Waals surface area contributed by atoms with Crippen LogP contribution in [0.2, 0.25) is 0 Å². The maximum Gasteiger partial charge on any atom is 0.201 e. The van der Waals surface area contributed by atoms with Crippen LogP contribution in [-0.4, -0.2) is 0 Å². The van der Waals surface area contributed by atoms with E-state index in [4.69, 9.17) is 10.2 Å². The van der Waals surface area contributed by atoms with Crippen LogP contribution in [0.5, 0.6) is 0 Å². The molecule has 0 unspecified atom stereocenters. The molecular weight excluding hydrogens is 250 g/mol. The lowest BCUT2D eigenvalue weighted by Crippen LogP contribution is -2.03. The van der Waals surface area contributed by atoms with Crippen molar-refractivity contribution in [1.82, 2.24) is 0 Å². The predicted octanol–water partition coefficient (Wildman–Crippen LogP) is 3.68. The summed E-state index contributed by atoms with van der Waals surface area (Å²) in [5.74, 6) is 0. The monoisotopic (exact) mass is 261 g/mol. The Morgan fingerprint density at radius 3 is 2.55 bits per heavy atom. The van der Waals surface area contributed by atoms with Crippen LogP contribution in [0, 0.1) is 0 Å². The summed E-state index contributed by atoms with van der Waals surface area (Å²) in [7, 11) is 0. The van der Waals surface area contributed by atoms with Crippen molar-refractivity contribution in [1.29, 1.82) is 0 Å². The van der Waals surface area contributed by atoms with E-state index in [9.17, 15) is 4.79 Å². The quantitative estimate of drug-likeness (QED) is 0.298. The number of fused-ring (bicyclic) bond motifs is 4. The minimum atomic E-state index is -0.0367. The van der Waals surface area contributed by atoms with Crippen molar-refractivity contribution < 1.29 is 4.42 Å². The van der Waals surface area contributed by atoms with E-state index in [2.05, 4.69) is 0 Å². The molecule has 0 aliphatic heterocycles. The van der Waals surface area contributed by atoms with Crippen LogP contribution < -0.4 is 11.2 Å². The Kier molecular flexibility index (Phi) is 2.12. The van der Waals surface area contributed by atoms with Crippen LogP contribution in [0.4, 0.5) is 5.69 Å². The molecule has 0 bridgehead atoms. The van der Waals surface area contributed by atoms with E-state index in [-0.39, 0.29) is 5.43 Å². The third-order valence-corrected chi connectivity index (χ3v) is 3.62. The van der Waals surface area contributed by atoms with E-state index in [1.54, 1.807) is 18.2 Å². The Morgan fingerprint density at radius 1 is 0.800 bits per heavy atom. The fourth-order valence-corrected chi connectivity index (χ4v) is 2.70. The number of para-hydroxylation sites is 1. The number of anilines is 1. The van der Waals surface area contributed by atoms with Gasteiger partial charge in [0.1, 0.15) is 11.2 Å². The Hall–Kier alpha value is -2.81. The third-order valence-electron chi connectivity index (χ3n) is 3.62. The van der Waals surface area contributed by atoms with Crippen molar-refractivity contribution in [3.63, 3.8) is 0 Å². The summed E-state index contributed by atoms with van der Waals surface area (Å²) in [6.45, 7) is 0. The molecule has 3 aromatic carbocycles. The second-order valence-corrected chi connectivity index (χ2v) is 4.81. The van der Waals surface area contributed by atoms with Gasteiger partial charge in [-0.1, -0.05) is 30.3 Å². The van der Waals surface area contributed by atoms with Crippen LogP contribution in [-0.2, 0) is 0 Å². The van der Waals surface area contributed by atoms with Gasteiger partial charge in [-0.15, -0.1) is 0 Å². The second kappa shape index (κ2) is 3.84. The Morgan fingerprint density at radius 2 is 1.65 bits per heavy atom. The van der Waals surface area contributed by atoms with Crippen LogP contribution in [0.1, 0.15) is 0 Å². The lowest BCUT2D eigenvalue weighted by Gasteiger charge is -2.07. The fourth-order valence-electron chi connectivity index (χ4n) is 2.70. The number of rotatable bonds is 0. The third kappa shape index (κ3) is 1.37. The van der Waals surface area contributed by atoms with E-state index < -0.39 is 0 Å². The first-order valence-electron chi connectivity index (χ1n) is 6.38. The van der Waals surface area contributed by atoms with Crippen molar-refractivity contribution >= 4 is 38.4 Å². The van der Waals surface area contributed by atoms with E-state index in [1.165, 1.54) is 0 Å². The normalized spacial score (nSPS) is 11.4. The van der Waals surface area contributed by atoms with Gasteiger partial charge in [0, 0.05) is 11.1 Å². The molecule has 0 aliphatic rings. The average molecular weight is 261 g/mol. The molecule has 0 aliphatic carbocycles. The van der Waals surface area contributed by atoms with Gasteiger partial charge in [-0.05, 0) is 29.7 Å². The summed E-state index contributed by atoms with van der Waals surface area (Å²) in [4.78, 5) is 12.7. The first kappa shape index (κ1) is 11.1. The van der Waals surface area contributed by atoms with Crippen LogP contribution in [0.25, 0.3) is 32.7 Å². The average Bonchev–Trinajstić information content (AvgIpc) is 2.47. The van der Waals surface area contributed by atoms with Crippen LogP contribution >= 0.6 is 0 Å². The van der Waals surface area contributed by atoms with Gasteiger partial charge in [0.15, 0.2) is 0 Å². The van der Waals surface area contributed by atoms with Gasteiger partial charge in [-0.3, -0.25) is 4.79 Å². The number of benzene rings is 3. The summed E-state index contributed by atoms with van der Waals surface area (Å²) in [5.41, 5.74) is 7.78. The molecule has 3 nitrogen and oxygen atoms in total. The SMILES string of the molecule is Nc1cccc2ccc3oc4ccccc4c(=O)c3c12. The summed E-state index contributed by atoms with van der Waals surface area (Å²) in [6.07, 6.45) is 0. The number of nitrogen functional groups attached to an aromatic ring is 1. The summed E-state index contributed by atoms with van der Waals surface area (Å²) in [5, 5.41) is 2.85. The highest BCUT2D eigenvalue weighted by Crippen LogP contribution is 2.29. The zero-order valence-corrected chi connectivity index (χ0v) is 10.6. The predicted molar refractivity (Wildman–Crippen MR) is 81.9 cm³/mol. The summed E-state index contributed by atoms with van der Waals surface area (Å²) in [6, 6.07) is 16.6. The maximum absolute atomic E-state index is 12.7. The van der Waals surface area contributed by atoms with E-state index in [0.29, 0.717) is 27.6 Å². The minimum absolute atomic E-state index is 0.0367. The maximum atomic E-state index is 12.7. The molecule has 0 saturated carbocycles. The molecule has 1 aromatic heterocycles. The molecule has 1 heterocycles. The summed E-state index contributed by atoms with van der Waals surface area (Å²) >= 11 is 0. The fraction of sp³-hybridized carbons (Fsp3) is 0. The largest absolute Gasteiger partial charge is 0.456 e. The molecule has 96 valence electrons. The van der Waals surface area contributed by atoms with Gasteiger partial charge in [0.05, 0.1) is 10.8 Å². The lowest BCUT2D eigenvalue weighted by molar-refractivity contribution is 0.660. The van der Waals surface area contributed by atoms with Gasteiger partial charge in [-0.2, -0.15) is 0 Å². The van der Waals surface area contributed by atoms with Crippen molar-refractivity contribution in [3.8, 4) is 0 Å². The molecule has 0 atom stereocenters. The highest BCUT2D eigenvalue weighted by Gasteiger charge is 2.12. The van der Waals surface area contributed by atoms with E-state index >= 15 is 0 Å². The molecule has 4 aromatic rings. The number of hydrogen-bond acceptors (Lipinski definition) is 3. The van der Waals surface area contributed by atoms with Crippen molar-refractivity contribution in [2.75, 3.05) is 5.73 Å². The summed E-state index contributed by atoms with van der Waals surface area (Å²) < 4.78 is 5.83. The Bertz CT molecular complexity index is 1030. The Labute approximate surface area is 114 Å². The van der Waals surface area contributed by atoms with Gasteiger partial charge >= 0.3 is 0 Å². The van der Waals surface area contributed by atoms with Crippen molar-refractivity contribution in [2.24, 2.45) is 0 Å². The molecule has 0 amide bonds. The molecule has 0 fully saturated rings. The first-order valence-corrected chi connectivity index (χ1v) is 6.38. The van der Waals surface area contributed by atoms with Gasteiger partial charge < -0.3 is 10.2 Å². The van der Waals surface area contributed by atoms with Gasteiger partial charge in [0.25, 0.3) is 0 Å². The molecule has 4 rings (SSSR count). The molecule has 0 spiro atoms. The zero-order valence-electron chi connectivity index (χ0n) is 10.6. The Balaban J connectivity index is 2.39. The topological polar surface area (TPSA) is 56.2 Å². The highest BCUT2D eigenvalue weighted by molar-refractivity contribution is 6.13. The van der Waals surface area contributed by atoms with E-state index in [1.807, 2.05) is 36.4 Å². The molecule has 20 heavy (non-hydrogen) atoms. The zero-order chi connectivity index (χ0) is 13.7. The number of nitrogens with two attached hydrogens (primary N) is 1. The molecule has 0 saturated heterocycles. The number of hydrogen-bond donors (Lipinski definition) is 1.